The normalized spacial score (nSPS) is 22.1. The molecule has 0 aromatic carbocycles. The fraction of sp³-hybridized carbons (Fsp3) is 0.929. The molecule has 0 amide bonds. The van der Waals surface area contributed by atoms with Gasteiger partial charge in [-0.15, -0.1) is 10.3 Å². The largest absolute Gasteiger partial charge is 0.299 e. The van der Waals surface area contributed by atoms with Crippen molar-refractivity contribution in [3.05, 3.63) is 0 Å². The van der Waals surface area contributed by atoms with Crippen molar-refractivity contribution in [1.82, 2.24) is 0 Å². The van der Waals surface area contributed by atoms with Crippen molar-refractivity contribution in [3.8, 4) is 0 Å². The first-order chi connectivity index (χ1) is 9.29. The van der Waals surface area contributed by atoms with Crippen LogP contribution < -0.4 is 0 Å². The van der Waals surface area contributed by atoms with Crippen molar-refractivity contribution in [2.75, 3.05) is 17.8 Å². The topological polar surface area (TPSA) is 60.4 Å². The number of unbranched alkanes of at least 4 members (excludes halogenated alkanes) is 1. The summed E-state index contributed by atoms with van der Waals surface area (Å²) in [6.07, 6.45) is 8.73. The highest BCUT2D eigenvalue weighted by Crippen LogP contribution is 2.56. The lowest BCUT2D eigenvalue weighted by Gasteiger charge is -2.42. The van der Waals surface area contributed by atoms with Gasteiger partial charge in [0.05, 0.1) is 11.5 Å². The van der Waals surface area contributed by atoms with Gasteiger partial charge in [0.15, 0.2) is 0 Å². The Bertz CT molecular complexity index is 413. The zero-order chi connectivity index (χ0) is 15.2. The zero-order valence-corrected chi connectivity index (χ0v) is 14.5. The number of hydrogen-bond donors (Lipinski definition) is 0. The van der Waals surface area contributed by atoms with Gasteiger partial charge in [0.25, 0.3) is 10.1 Å². The Balaban J connectivity index is 2.84. The summed E-state index contributed by atoms with van der Waals surface area (Å²) in [5.74, 6) is 0.360. The quantitative estimate of drug-likeness (QED) is 0.686. The molecule has 0 aromatic rings. The summed E-state index contributed by atoms with van der Waals surface area (Å²) < 4.78 is 29.8. The van der Waals surface area contributed by atoms with E-state index in [1.54, 1.807) is 0 Å². The molecule has 1 aliphatic carbocycles. The Labute approximate surface area is 125 Å². The van der Waals surface area contributed by atoms with E-state index < -0.39 is 20.4 Å². The van der Waals surface area contributed by atoms with E-state index in [0.717, 1.165) is 32.1 Å². The average Bonchev–Trinajstić information content (AvgIpc) is 2.36. The van der Waals surface area contributed by atoms with Crippen molar-refractivity contribution in [2.24, 2.45) is 0 Å². The maximum Gasteiger partial charge on any atom is 0.276 e. The molecule has 0 spiro atoms. The molecule has 1 rings (SSSR count). The van der Waals surface area contributed by atoms with E-state index in [1.807, 2.05) is 13.2 Å². The van der Waals surface area contributed by atoms with Crippen LogP contribution in [0.2, 0.25) is 0 Å². The van der Waals surface area contributed by atoms with E-state index in [0.29, 0.717) is 6.42 Å². The molecule has 4 nitrogen and oxygen atoms in total. The summed E-state index contributed by atoms with van der Waals surface area (Å²) in [6, 6.07) is 0. The van der Waals surface area contributed by atoms with Crippen molar-refractivity contribution in [1.29, 1.82) is 0 Å². The second-order valence-electron chi connectivity index (χ2n) is 5.86. The van der Waals surface area contributed by atoms with Gasteiger partial charge in [0.2, 0.25) is 0 Å². The molecule has 6 heteroatoms. The molecule has 1 fully saturated rings. The van der Waals surface area contributed by atoms with Crippen molar-refractivity contribution in [3.63, 3.8) is 0 Å². The number of carbonyl (C=O) groups excluding carboxylic acids is 1. The molecule has 1 aliphatic rings. The van der Waals surface area contributed by atoms with Gasteiger partial charge >= 0.3 is 0 Å². The smallest absolute Gasteiger partial charge is 0.276 e. The maximum absolute atomic E-state index is 12.1. The first-order valence-electron chi connectivity index (χ1n) is 7.47. The molecule has 0 bridgehead atoms. The Morgan fingerprint density at radius 3 is 2.30 bits per heavy atom. The monoisotopic (exact) mass is 324 g/mol. The summed E-state index contributed by atoms with van der Waals surface area (Å²) >= 11 is 0. The molecule has 0 heterocycles. The van der Waals surface area contributed by atoms with Gasteiger partial charge in [-0.3, -0.25) is 4.79 Å². The SMILES string of the molecule is CCCCS(=O)(=O)OS(C)(CC(C)=O)C1CCCCC1. The molecule has 1 unspecified atom stereocenters. The van der Waals surface area contributed by atoms with Crippen LogP contribution in [0.1, 0.15) is 58.8 Å². The second-order valence-corrected chi connectivity index (χ2v) is 11.0. The predicted molar refractivity (Wildman–Crippen MR) is 85.7 cm³/mol. The van der Waals surface area contributed by atoms with Gasteiger partial charge < -0.3 is 0 Å². The predicted octanol–water partition coefficient (Wildman–Crippen LogP) is 3.40. The minimum absolute atomic E-state index is 0.0266. The van der Waals surface area contributed by atoms with Crippen LogP contribution in [-0.2, 0) is 18.5 Å². The Kier molecular flexibility index (Phi) is 7.01. The van der Waals surface area contributed by atoms with E-state index in [2.05, 4.69) is 0 Å². The van der Waals surface area contributed by atoms with Gasteiger partial charge in [-0.1, -0.05) is 32.6 Å². The van der Waals surface area contributed by atoms with Crippen LogP contribution in [-0.4, -0.2) is 37.2 Å². The van der Waals surface area contributed by atoms with Crippen molar-refractivity contribution < 1.29 is 16.8 Å². The lowest BCUT2D eigenvalue weighted by atomic mass is 10.0. The number of ketones is 1. The third-order valence-corrected chi connectivity index (χ3v) is 9.48. The lowest BCUT2D eigenvalue weighted by Crippen LogP contribution is -2.30. The van der Waals surface area contributed by atoms with E-state index in [4.69, 9.17) is 3.63 Å². The summed E-state index contributed by atoms with van der Waals surface area (Å²) in [6.45, 7) is 3.48. The van der Waals surface area contributed by atoms with Crippen LogP contribution in [0.25, 0.3) is 0 Å². The Morgan fingerprint density at radius 2 is 1.80 bits per heavy atom. The van der Waals surface area contributed by atoms with Crippen LogP contribution in [0.3, 0.4) is 0 Å². The van der Waals surface area contributed by atoms with Gasteiger partial charge in [-0.05, 0) is 32.4 Å². The molecule has 0 saturated heterocycles. The Morgan fingerprint density at radius 1 is 1.20 bits per heavy atom. The van der Waals surface area contributed by atoms with E-state index >= 15 is 0 Å². The molecule has 0 aromatic heterocycles. The highest BCUT2D eigenvalue weighted by atomic mass is 32.3. The maximum atomic E-state index is 12.1. The summed E-state index contributed by atoms with van der Waals surface area (Å²) in [5, 5.41) is 0.247. The highest BCUT2D eigenvalue weighted by molar-refractivity contribution is 8.33. The van der Waals surface area contributed by atoms with Gasteiger partial charge in [0, 0.05) is 5.25 Å². The summed E-state index contributed by atoms with van der Waals surface area (Å²) in [4.78, 5) is 11.5. The van der Waals surface area contributed by atoms with Crippen molar-refractivity contribution in [2.45, 2.75) is 64.0 Å². The van der Waals surface area contributed by atoms with Gasteiger partial charge in [-0.2, -0.15) is 8.42 Å². The first-order valence-corrected chi connectivity index (χ1v) is 11.2. The standard InChI is InChI=1S/C14H28O4S2/c1-4-5-11-20(16,17)18-19(3,12-13(2)15)14-9-7-6-8-10-14/h14H,4-12H2,1-3H3. The van der Waals surface area contributed by atoms with Crippen LogP contribution >= 0.6 is 10.3 Å². The van der Waals surface area contributed by atoms with Crippen LogP contribution in [0.4, 0.5) is 0 Å². The number of rotatable bonds is 8. The van der Waals surface area contributed by atoms with Crippen molar-refractivity contribution >= 4 is 26.2 Å². The molecule has 20 heavy (non-hydrogen) atoms. The molecule has 0 radical (unpaired) electrons. The van der Waals surface area contributed by atoms with Gasteiger partial charge in [0.1, 0.15) is 5.78 Å². The fourth-order valence-electron chi connectivity index (χ4n) is 2.76. The van der Waals surface area contributed by atoms with Crippen LogP contribution in [0, 0.1) is 0 Å². The van der Waals surface area contributed by atoms with Gasteiger partial charge in [-0.25, -0.2) is 3.63 Å². The van der Waals surface area contributed by atoms with E-state index in [1.165, 1.54) is 13.3 Å². The van der Waals surface area contributed by atoms with E-state index in [9.17, 15) is 13.2 Å². The minimum atomic E-state index is -3.51. The third kappa shape index (κ3) is 5.74. The second kappa shape index (κ2) is 7.80. The molecular weight excluding hydrogens is 296 g/mol. The molecule has 0 aliphatic heterocycles. The first kappa shape index (κ1) is 18.0. The number of carbonyl (C=O) groups is 1. The zero-order valence-electron chi connectivity index (χ0n) is 12.9. The third-order valence-electron chi connectivity index (χ3n) is 3.75. The molecule has 120 valence electrons. The van der Waals surface area contributed by atoms with Crippen LogP contribution in [0.5, 0.6) is 0 Å². The lowest BCUT2D eigenvalue weighted by molar-refractivity contribution is -0.114. The fourth-order valence-corrected chi connectivity index (χ4v) is 8.58. The highest BCUT2D eigenvalue weighted by Gasteiger charge is 2.36. The molecular formula is C14H28O4S2. The number of Topliss-reactive ketones (excluding diaryl/α,β-unsaturated/α-hetero) is 1. The molecule has 0 N–H and O–H groups in total. The molecule has 1 saturated carbocycles. The van der Waals surface area contributed by atoms with E-state index in [-0.39, 0.29) is 22.5 Å². The minimum Gasteiger partial charge on any atom is -0.299 e. The summed E-state index contributed by atoms with van der Waals surface area (Å²) in [7, 11) is -5.38. The summed E-state index contributed by atoms with van der Waals surface area (Å²) in [5.41, 5.74) is 0. The molecule has 1 atom stereocenters. The van der Waals surface area contributed by atoms with Crippen LogP contribution in [0.15, 0.2) is 0 Å². The number of hydrogen-bond acceptors (Lipinski definition) is 4. The average molecular weight is 325 g/mol. The Hall–Kier alpha value is -0.0700.